The van der Waals surface area contributed by atoms with Gasteiger partial charge in [-0.3, -0.25) is 4.40 Å². The van der Waals surface area contributed by atoms with Crippen LogP contribution in [0.25, 0.3) is 4.96 Å². The molecule has 0 aromatic carbocycles. The average molecular weight is 287 g/mol. The molecule has 3 nitrogen and oxygen atoms in total. The SMILES string of the molecule is Cc1nc2sc3c(n2c1CC#N)CCC(C(C)(C)C)C3. The highest BCUT2D eigenvalue weighted by atomic mass is 32.1. The van der Waals surface area contributed by atoms with E-state index in [0.29, 0.717) is 11.8 Å². The molecule has 20 heavy (non-hydrogen) atoms. The molecule has 4 heteroatoms. The summed E-state index contributed by atoms with van der Waals surface area (Å²) in [5, 5.41) is 9.02. The van der Waals surface area contributed by atoms with Crippen molar-refractivity contribution in [1.29, 1.82) is 5.26 Å². The summed E-state index contributed by atoms with van der Waals surface area (Å²) in [6.45, 7) is 9.03. The third-order valence-corrected chi connectivity index (χ3v) is 5.69. The standard InChI is InChI=1S/C16H21N3S/c1-10-12(7-8-17)19-13-6-5-11(16(2,3)4)9-14(13)20-15(19)18-10/h11H,5-7,9H2,1-4H3. The number of aromatic nitrogens is 2. The van der Waals surface area contributed by atoms with E-state index in [1.165, 1.54) is 17.0 Å². The van der Waals surface area contributed by atoms with Gasteiger partial charge in [-0.2, -0.15) is 5.26 Å². The molecule has 1 aliphatic carbocycles. The summed E-state index contributed by atoms with van der Waals surface area (Å²) in [5.74, 6) is 0.749. The molecule has 0 aliphatic heterocycles. The summed E-state index contributed by atoms with van der Waals surface area (Å²) in [4.78, 5) is 7.21. The Labute approximate surface area is 124 Å². The Morgan fingerprint density at radius 3 is 2.85 bits per heavy atom. The van der Waals surface area contributed by atoms with E-state index in [2.05, 4.69) is 36.2 Å². The van der Waals surface area contributed by atoms with Crippen LogP contribution in [0.5, 0.6) is 0 Å². The van der Waals surface area contributed by atoms with E-state index in [1.807, 2.05) is 18.3 Å². The van der Waals surface area contributed by atoms with E-state index < -0.39 is 0 Å². The first-order valence-electron chi connectivity index (χ1n) is 7.27. The zero-order chi connectivity index (χ0) is 14.5. The molecule has 0 fully saturated rings. The van der Waals surface area contributed by atoms with Gasteiger partial charge in [0.15, 0.2) is 4.96 Å². The number of hydrogen-bond acceptors (Lipinski definition) is 3. The molecular weight excluding hydrogens is 266 g/mol. The van der Waals surface area contributed by atoms with Crippen LogP contribution in [0.3, 0.4) is 0 Å². The second kappa shape index (κ2) is 4.60. The van der Waals surface area contributed by atoms with Gasteiger partial charge in [0.2, 0.25) is 0 Å². The van der Waals surface area contributed by atoms with Crippen molar-refractivity contribution in [3.63, 3.8) is 0 Å². The first-order chi connectivity index (χ1) is 9.41. The molecule has 0 amide bonds. The molecule has 0 saturated carbocycles. The van der Waals surface area contributed by atoms with Crippen LogP contribution >= 0.6 is 11.3 Å². The van der Waals surface area contributed by atoms with E-state index in [-0.39, 0.29) is 0 Å². The maximum absolute atomic E-state index is 9.02. The van der Waals surface area contributed by atoms with Gasteiger partial charge >= 0.3 is 0 Å². The van der Waals surface area contributed by atoms with Crippen LogP contribution in [0.4, 0.5) is 0 Å². The van der Waals surface area contributed by atoms with Crippen molar-refractivity contribution in [2.45, 2.75) is 53.4 Å². The van der Waals surface area contributed by atoms with Crippen LogP contribution in [-0.2, 0) is 19.3 Å². The molecule has 2 heterocycles. The molecule has 0 radical (unpaired) electrons. The largest absolute Gasteiger partial charge is 0.290 e. The van der Waals surface area contributed by atoms with Crippen molar-refractivity contribution in [3.8, 4) is 6.07 Å². The predicted octanol–water partition coefficient (Wildman–Crippen LogP) is 3.92. The number of nitrogens with zero attached hydrogens (tertiary/aromatic N) is 3. The Hall–Kier alpha value is -1.34. The fraction of sp³-hybridized carbons (Fsp3) is 0.625. The van der Waals surface area contributed by atoms with Gasteiger partial charge in [-0.1, -0.05) is 20.8 Å². The molecule has 2 aromatic heterocycles. The van der Waals surface area contributed by atoms with Gasteiger partial charge in [0.1, 0.15) is 0 Å². The number of fused-ring (bicyclic) bond motifs is 3. The fourth-order valence-electron chi connectivity index (χ4n) is 3.24. The Morgan fingerprint density at radius 2 is 2.20 bits per heavy atom. The molecule has 3 rings (SSSR count). The monoisotopic (exact) mass is 287 g/mol. The highest BCUT2D eigenvalue weighted by Gasteiger charge is 2.31. The lowest BCUT2D eigenvalue weighted by molar-refractivity contribution is 0.216. The van der Waals surface area contributed by atoms with Gasteiger partial charge in [0, 0.05) is 10.6 Å². The first kappa shape index (κ1) is 13.6. The third-order valence-electron chi connectivity index (χ3n) is 4.58. The van der Waals surface area contributed by atoms with Gasteiger partial charge in [0.05, 0.1) is 23.9 Å². The van der Waals surface area contributed by atoms with Crippen LogP contribution in [0.15, 0.2) is 0 Å². The minimum atomic E-state index is 0.370. The summed E-state index contributed by atoms with van der Waals surface area (Å²) in [7, 11) is 0. The molecule has 0 N–H and O–H groups in total. The summed E-state index contributed by atoms with van der Waals surface area (Å²) >= 11 is 1.82. The van der Waals surface area contributed by atoms with Gasteiger partial charge in [0.25, 0.3) is 0 Å². The molecule has 0 saturated heterocycles. The number of hydrogen-bond donors (Lipinski definition) is 0. The molecule has 1 atom stereocenters. The predicted molar refractivity (Wildman–Crippen MR) is 82.1 cm³/mol. The van der Waals surface area contributed by atoms with Crippen LogP contribution < -0.4 is 0 Å². The van der Waals surface area contributed by atoms with Crippen molar-refractivity contribution in [1.82, 2.24) is 9.38 Å². The number of aryl methyl sites for hydroxylation is 2. The smallest absolute Gasteiger partial charge is 0.194 e. The lowest BCUT2D eigenvalue weighted by Gasteiger charge is -2.33. The molecule has 1 aliphatic rings. The fourth-order valence-corrected chi connectivity index (χ4v) is 4.55. The molecule has 0 spiro atoms. The Balaban J connectivity index is 2.07. The second-order valence-electron chi connectivity index (χ2n) is 6.87. The second-order valence-corrected chi connectivity index (χ2v) is 7.94. The van der Waals surface area contributed by atoms with Crippen LogP contribution in [0, 0.1) is 29.6 Å². The van der Waals surface area contributed by atoms with E-state index >= 15 is 0 Å². The van der Waals surface area contributed by atoms with E-state index in [0.717, 1.165) is 35.1 Å². The van der Waals surface area contributed by atoms with Crippen molar-refractivity contribution in [3.05, 3.63) is 22.0 Å². The van der Waals surface area contributed by atoms with Crippen molar-refractivity contribution in [2.24, 2.45) is 11.3 Å². The Kier molecular flexibility index (Phi) is 3.13. The zero-order valence-electron chi connectivity index (χ0n) is 12.7. The number of nitriles is 1. The van der Waals surface area contributed by atoms with E-state index in [1.54, 1.807) is 0 Å². The van der Waals surface area contributed by atoms with Crippen LogP contribution in [0.1, 0.15) is 49.2 Å². The van der Waals surface area contributed by atoms with E-state index in [9.17, 15) is 0 Å². The molecular formula is C16H21N3S. The van der Waals surface area contributed by atoms with E-state index in [4.69, 9.17) is 5.26 Å². The summed E-state index contributed by atoms with van der Waals surface area (Å²) in [6.07, 6.45) is 3.98. The number of thiazole rings is 1. The van der Waals surface area contributed by atoms with Crippen LogP contribution in [-0.4, -0.2) is 9.38 Å². The highest BCUT2D eigenvalue weighted by molar-refractivity contribution is 7.17. The lowest BCUT2D eigenvalue weighted by atomic mass is 9.73. The average Bonchev–Trinajstić information content (AvgIpc) is 2.84. The highest BCUT2D eigenvalue weighted by Crippen LogP contribution is 2.40. The number of imidazole rings is 1. The first-order valence-corrected chi connectivity index (χ1v) is 8.09. The minimum Gasteiger partial charge on any atom is -0.290 e. The maximum atomic E-state index is 9.02. The Morgan fingerprint density at radius 1 is 1.45 bits per heavy atom. The van der Waals surface area contributed by atoms with Gasteiger partial charge in [-0.25, -0.2) is 4.98 Å². The normalized spacial score (nSPS) is 19.1. The summed E-state index contributed by atoms with van der Waals surface area (Å²) < 4.78 is 2.26. The topological polar surface area (TPSA) is 41.1 Å². The summed E-state index contributed by atoms with van der Waals surface area (Å²) in [5.41, 5.74) is 3.89. The Bertz CT molecular complexity index is 694. The zero-order valence-corrected chi connectivity index (χ0v) is 13.5. The van der Waals surface area contributed by atoms with Crippen molar-refractivity contribution in [2.75, 3.05) is 0 Å². The number of rotatable bonds is 1. The molecule has 1 unspecified atom stereocenters. The lowest BCUT2D eigenvalue weighted by Crippen LogP contribution is -2.26. The van der Waals surface area contributed by atoms with Gasteiger partial charge < -0.3 is 0 Å². The van der Waals surface area contributed by atoms with Gasteiger partial charge in [-0.15, -0.1) is 11.3 Å². The quantitative estimate of drug-likeness (QED) is 0.797. The summed E-state index contributed by atoms with van der Waals surface area (Å²) in [6, 6.07) is 2.28. The molecule has 106 valence electrons. The molecule has 2 aromatic rings. The van der Waals surface area contributed by atoms with Crippen molar-refractivity contribution < 1.29 is 0 Å². The maximum Gasteiger partial charge on any atom is 0.194 e. The minimum absolute atomic E-state index is 0.370. The van der Waals surface area contributed by atoms with Gasteiger partial charge in [-0.05, 0) is 37.5 Å². The third kappa shape index (κ3) is 2.05. The molecule has 0 bridgehead atoms. The van der Waals surface area contributed by atoms with Crippen molar-refractivity contribution >= 4 is 16.3 Å². The van der Waals surface area contributed by atoms with Crippen LogP contribution in [0.2, 0.25) is 0 Å².